The maximum Gasteiger partial charge on any atom is 0.152 e. The maximum absolute atomic E-state index is 4.77. The van der Waals surface area contributed by atoms with E-state index in [0.29, 0.717) is 0 Å². The molecule has 0 spiro atoms. The monoisotopic (exact) mass is 390 g/mol. The lowest BCUT2D eigenvalue weighted by Gasteiger charge is -2.17. The average Bonchev–Trinajstić information content (AvgIpc) is 3.01. The van der Waals surface area contributed by atoms with Gasteiger partial charge in [-0.3, -0.25) is 4.90 Å². The minimum absolute atomic E-state index is 0.770. The molecule has 0 unspecified atom stereocenters. The minimum atomic E-state index is 0.770. The van der Waals surface area contributed by atoms with Gasteiger partial charge in [0, 0.05) is 10.2 Å². The van der Waals surface area contributed by atoms with Crippen molar-refractivity contribution in [3.63, 3.8) is 0 Å². The molecule has 0 aliphatic carbocycles. The summed E-state index contributed by atoms with van der Waals surface area (Å²) < 4.78 is 2.13. The number of aromatic nitrogens is 2. The SMILES string of the molecule is CCN(CC)Cc1nc(Nc2cccc(Br)c2)c2sccc2n1. The third-order valence-corrected chi connectivity index (χ3v) is 5.10. The third kappa shape index (κ3) is 3.88. The summed E-state index contributed by atoms with van der Waals surface area (Å²) in [6.45, 7) is 7.08. The van der Waals surface area contributed by atoms with Gasteiger partial charge in [-0.15, -0.1) is 11.3 Å². The molecular formula is C17H19BrN4S. The number of nitrogens with zero attached hydrogens (tertiary/aromatic N) is 3. The number of fused-ring (bicyclic) bond motifs is 1. The molecule has 1 N–H and O–H groups in total. The summed E-state index contributed by atoms with van der Waals surface area (Å²) in [5.74, 6) is 1.74. The quantitative estimate of drug-likeness (QED) is 0.639. The van der Waals surface area contributed by atoms with Crippen molar-refractivity contribution in [2.45, 2.75) is 20.4 Å². The fourth-order valence-corrected chi connectivity index (χ4v) is 3.59. The third-order valence-electron chi connectivity index (χ3n) is 3.70. The standard InChI is InChI=1S/C17H19BrN4S/c1-3-22(4-2)11-15-20-14-8-9-23-16(14)17(21-15)19-13-7-5-6-12(18)10-13/h5-10H,3-4,11H2,1-2H3,(H,19,20,21). The summed E-state index contributed by atoms with van der Waals surface area (Å²) in [4.78, 5) is 11.8. The molecule has 4 nitrogen and oxygen atoms in total. The van der Waals surface area contributed by atoms with E-state index in [9.17, 15) is 0 Å². The zero-order valence-electron chi connectivity index (χ0n) is 13.2. The molecule has 0 saturated heterocycles. The van der Waals surface area contributed by atoms with E-state index >= 15 is 0 Å². The first-order valence-corrected chi connectivity index (χ1v) is 9.36. The summed E-state index contributed by atoms with van der Waals surface area (Å²) in [7, 11) is 0. The van der Waals surface area contributed by atoms with Gasteiger partial charge in [0.25, 0.3) is 0 Å². The van der Waals surface area contributed by atoms with Gasteiger partial charge in [0.05, 0.1) is 16.8 Å². The van der Waals surface area contributed by atoms with Crippen LogP contribution in [-0.4, -0.2) is 28.0 Å². The van der Waals surface area contributed by atoms with Crippen molar-refractivity contribution < 1.29 is 0 Å². The predicted molar refractivity (Wildman–Crippen MR) is 101 cm³/mol. The average molecular weight is 391 g/mol. The first-order valence-electron chi connectivity index (χ1n) is 7.68. The molecule has 120 valence electrons. The van der Waals surface area contributed by atoms with Crippen LogP contribution in [0.4, 0.5) is 11.5 Å². The Balaban J connectivity index is 1.96. The molecule has 0 aliphatic rings. The Bertz CT molecular complexity index is 798. The summed E-state index contributed by atoms with van der Waals surface area (Å²) in [5, 5.41) is 5.50. The van der Waals surface area contributed by atoms with E-state index in [0.717, 1.165) is 51.7 Å². The number of rotatable bonds is 6. The second-order valence-corrected chi connectivity index (χ2v) is 7.05. The summed E-state index contributed by atoms with van der Waals surface area (Å²) in [5.41, 5.74) is 2.02. The highest BCUT2D eigenvalue weighted by Gasteiger charge is 2.11. The van der Waals surface area contributed by atoms with Crippen LogP contribution < -0.4 is 5.32 Å². The normalized spacial score (nSPS) is 11.3. The molecule has 0 aliphatic heterocycles. The van der Waals surface area contributed by atoms with Crippen molar-refractivity contribution in [2.75, 3.05) is 18.4 Å². The molecule has 0 bridgehead atoms. The first kappa shape index (κ1) is 16.4. The Morgan fingerprint density at radius 1 is 1.17 bits per heavy atom. The Hall–Kier alpha value is -1.50. The topological polar surface area (TPSA) is 41.1 Å². The first-order chi connectivity index (χ1) is 11.2. The van der Waals surface area contributed by atoms with Gasteiger partial charge in [0.1, 0.15) is 5.82 Å². The van der Waals surface area contributed by atoms with Crippen molar-refractivity contribution in [2.24, 2.45) is 0 Å². The second-order valence-electron chi connectivity index (χ2n) is 5.22. The summed E-state index contributed by atoms with van der Waals surface area (Å²) >= 11 is 5.17. The van der Waals surface area contributed by atoms with Crippen LogP contribution >= 0.6 is 27.3 Å². The van der Waals surface area contributed by atoms with Gasteiger partial charge in [-0.2, -0.15) is 0 Å². The molecule has 0 fully saturated rings. The Kier molecular flexibility index (Phi) is 5.25. The van der Waals surface area contributed by atoms with Gasteiger partial charge in [-0.1, -0.05) is 35.8 Å². The maximum atomic E-state index is 4.77. The number of nitrogens with one attached hydrogen (secondary N) is 1. The van der Waals surface area contributed by atoms with Gasteiger partial charge >= 0.3 is 0 Å². The van der Waals surface area contributed by atoms with Gasteiger partial charge in [-0.05, 0) is 42.7 Å². The zero-order chi connectivity index (χ0) is 16.2. The lowest BCUT2D eigenvalue weighted by molar-refractivity contribution is 0.289. The van der Waals surface area contributed by atoms with Crippen LogP contribution in [0.5, 0.6) is 0 Å². The van der Waals surface area contributed by atoms with Gasteiger partial charge in [0.2, 0.25) is 0 Å². The number of thiophene rings is 1. The summed E-state index contributed by atoms with van der Waals surface area (Å²) in [6.07, 6.45) is 0. The van der Waals surface area contributed by atoms with Crippen LogP contribution in [0.25, 0.3) is 10.2 Å². The fraction of sp³-hybridized carbons (Fsp3) is 0.294. The van der Waals surface area contributed by atoms with E-state index < -0.39 is 0 Å². The molecule has 2 aromatic heterocycles. The van der Waals surface area contributed by atoms with E-state index in [1.807, 2.05) is 24.3 Å². The highest BCUT2D eigenvalue weighted by molar-refractivity contribution is 9.10. The van der Waals surface area contributed by atoms with Crippen LogP contribution in [0, 0.1) is 0 Å². The molecule has 3 aromatic rings. The fourth-order valence-electron chi connectivity index (χ4n) is 2.42. The van der Waals surface area contributed by atoms with E-state index in [4.69, 9.17) is 9.97 Å². The summed E-state index contributed by atoms with van der Waals surface area (Å²) in [6, 6.07) is 10.2. The number of hydrogen-bond acceptors (Lipinski definition) is 5. The van der Waals surface area contributed by atoms with E-state index in [1.54, 1.807) is 11.3 Å². The molecule has 6 heteroatoms. The molecule has 3 rings (SSSR count). The van der Waals surface area contributed by atoms with Gasteiger partial charge in [0.15, 0.2) is 5.82 Å². The molecule has 0 radical (unpaired) electrons. The Morgan fingerprint density at radius 3 is 2.74 bits per heavy atom. The molecule has 0 saturated carbocycles. The van der Waals surface area contributed by atoms with Crippen LogP contribution in [0.3, 0.4) is 0 Å². The van der Waals surface area contributed by atoms with Crippen molar-refractivity contribution in [1.82, 2.24) is 14.9 Å². The smallest absolute Gasteiger partial charge is 0.152 e. The molecule has 2 heterocycles. The zero-order valence-corrected chi connectivity index (χ0v) is 15.6. The van der Waals surface area contributed by atoms with Crippen LogP contribution in [-0.2, 0) is 6.54 Å². The van der Waals surface area contributed by atoms with Crippen molar-refractivity contribution in [3.8, 4) is 0 Å². The van der Waals surface area contributed by atoms with Crippen LogP contribution in [0.2, 0.25) is 0 Å². The number of benzene rings is 1. The molecule has 1 aromatic carbocycles. The number of anilines is 2. The lowest BCUT2D eigenvalue weighted by Crippen LogP contribution is -2.23. The number of halogens is 1. The van der Waals surface area contributed by atoms with E-state index in [1.165, 1.54) is 0 Å². The van der Waals surface area contributed by atoms with E-state index in [-0.39, 0.29) is 0 Å². The largest absolute Gasteiger partial charge is 0.339 e. The highest BCUT2D eigenvalue weighted by Crippen LogP contribution is 2.29. The van der Waals surface area contributed by atoms with Crippen molar-refractivity contribution >= 4 is 49.0 Å². The van der Waals surface area contributed by atoms with E-state index in [2.05, 4.69) is 51.4 Å². The van der Waals surface area contributed by atoms with Crippen molar-refractivity contribution in [1.29, 1.82) is 0 Å². The molecule has 23 heavy (non-hydrogen) atoms. The molecule has 0 atom stereocenters. The van der Waals surface area contributed by atoms with Gasteiger partial charge < -0.3 is 5.32 Å². The highest BCUT2D eigenvalue weighted by atomic mass is 79.9. The second kappa shape index (κ2) is 7.38. The molecular weight excluding hydrogens is 372 g/mol. The lowest BCUT2D eigenvalue weighted by atomic mass is 10.3. The molecule has 0 amide bonds. The van der Waals surface area contributed by atoms with Crippen LogP contribution in [0.15, 0.2) is 40.2 Å². The Morgan fingerprint density at radius 2 is 2.00 bits per heavy atom. The van der Waals surface area contributed by atoms with Crippen LogP contribution in [0.1, 0.15) is 19.7 Å². The predicted octanol–water partition coefficient (Wildman–Crippen LogP) is 5.04. The van der Waals surface area contributed by atoms with Crippen molar-refractivity contribution in [3.05, 3.63) is 46.0 Å². The number of hydrogen-bond donors (Lipinski definition) is 1. The minimum Gasteiger partial charge on any atom is -0.339 e. The van der Waals surface area contributed by atoms with Gasteiger partial charge in [-0.25, -0.2) is 9.97 Å². The Labute approximate surface area is 148 Å².